The first-order valence-corrected chi connectivity index (χ1v) is 19.7. The van der Waals surface area contributed by atoms with E-state index in [2.05, 4.69) is 15.8 Å². The molecule has 55 heavy (non-hydrogen) atoms. The Balaban J connectivity index is 1.12. The Morgan fingerprint density at radius 3 is 2.51 bits per heavy atom. The van der Waals surface area contributed by atoms with Crippen molar-refractivity contribution in [2.75, 3.05) is 45.4 Å². The van der Waals surface area contributed by atoms with Gasteiger partial charge in [-0.1, -0.05) is 18.4 Å². The number of aromatic hydroxyl groups is 1. The molecule has 3 aliphatic carbocycles. The summed E-state index contributed by atoms with van der Waals surface area (Å²) in [5.74, 6) is 1.14. The van der Waals surface area contributed by atoms with Crippen molar-refractivity contribution in [1.82, 2.24) is 19.9 Å². The van der Waals surface area contributed by atoms with Crippen LogP contribution in [0.5, 0.6) is 17.6 Å². The van der Waals surface area contributed by atoms with E-state index in [0.29, 0.717) is 60.8 Å². The van der Waals surface area contributed by atoms with Gasteiger partial charge in [-0.05, 0) is 107 Å². The zero-order valence-corrected chi connectivity index (χ0v) is 31.8. The lowest BCUT2D eigenvalue weighted by atomic mass is 9.52. The van der Waals surface area contributed by atoms with E-state index in [0.717, 1.165) is 38.6 Å². The van der Waals surface area contributed by atoms with Gasteiger partial charge in [0.25, 0.3) is 0 Å². The molecule has 2 aliphatic heterocycles. The summed E-state index contributed by atoms with van der Waals surface area (Å²) < 4.78 is 50.4. The minimum Gasteiger partial charge on any atom is -0.508 e. The van der Waals surface area contributed by atoms with Crippen LogP contribution in [-0.2, 0) is 4.74 Å². The number of nitrogens with zero attached hydrogens (tertiary/aromatic N) is 5. The van der Waals surface area contributed by atoms with Crippen LogP contribution in [0.15, 0.2) is 24.3 Å². The van der Waals surface area contributed by atoms with Crippen LogP contribution < -0.4 is 14.4 Å². The molecule has 0 radical (unpaired) electrons. The zero-order valence-electron chi connectivity index (χ0n) is 31.8. The number of anilines is 1. The summed E-state index contributed by atoms with van der Waals surface area (Å²) in [6.07, 6.45) is 17.7. The second-order valence-electron chi connectivity index (χ2n) is 17.2. The minimum absolute atomic E-state index is 0.0294. The number of likely N-dealkylation sites (tertiary alicyclic amines) is 1. The molecule has 12 heteroatoms. The van der Waals surface area contributed by atoms with E-state index in [4.69, 9.17) is 30.6 Å². The van der Waals surface area contributed by atoms with Gasteiger partial charge in [0, 0.05) is 48.6 Å². The molecule has 0 bridgehead atoms. The van der Waals surface area contributed by atoms with Crippen LogP contribution in [-0.4, -0.2) is 94.3 Å². The van der Waals surface area contributed by atoms with Gasteiger partial charge in [-0.15, -0.1) is 6.42 Å². The summed E-state index contributed by atoms with van der Waals surface area (Å²) in [6, 6.07) is 6.47. The third kappa shape index (κ3) is 6.05. The number of halogens is 2. The number of aliphatic hydroxyl groups is 1. The van der Waals surface area contributed by atoms with Crippen molar-refractivity contribution in [1.29, 1.82) is 0 Å². The number of phenols is 1. The Morgan fingerprint density at radius 2 is 1.76 bits per heavy atom. The second-order valence-corrected chi connectivity index (χ2v) is 17.2. The maximum atomic E-state index is 17.3. The first-order chi connectivity index (χ1) is 26.5. The van der Waals surface area contributed by atoms with Crippen molar-refractivity contribution >= 4 is 27.5 Å². The maximum Gasteiger partial charge on any atom is 0.319 e. The van der Waals surface area contributed by atoms with Crippen molar-refractivity contribution in [2.45, 2.75) is 101 Å². The van der Waals surface area contributed by atoms with Crippen LogP contribution in [0.1, 0.15) is 83.1 Å². The topological polar surface area (TPSA) is 113 Å². The molecular weight excluding hydrogens is 704 g/mol. The third-order valence-electron chi connectivity index (χ3n) is 13.6. The van der Waals surface area contributed by atoms with E-state index in [1.807, 2.05) is 12.0 Å². The highest BCUT2D eigenvalue weighted by molar-refractivity contribution is 6.04. The number of benzene rings is 2. The summed E-state index contributed by atoms with van der Waals surface area (Å²) in [5.41, 5.74) is -0.913. The smallest absolute Gasteiger partial charge is 0.319 e. The highest BCUT2D eigenvalue weighted by atomic mass is 19.1. The predicted molar refractivity (Wildman–Crippen MR) is 205 cm³/mol. The monoisotopic (exact) mass is 753 g/mol. The Bertz CT molecular complexity index is 2210. The summed E-state index contributed by atoms with van der Waals surface area (Å²) in [4.78, 5) is 19.0. The molecule has 10 nitrogen and oxygen atoms in total. The summed E-state index contributed by atoms with van der Waals surface area (Å²) >= 11 is 0. The molecule has 2 aromatic carbocycles. The zero-order chi connectivity index (χ0) is 38.3. The molecule has 3 saturated carbocycles. The normalized spacial score (nSPS) is 30.6. The van der Waals surface area contributed by atoms with Crippen LogP contribution in [0, 0.1) is 34.8 Å². The third-order valence-corrected chi connectivity index (χ3v) is 13.6. The van der Waals surface area contributed by atoms with E-state index in [-0.39, 0.29) is 62.7 Å². The number of ether oxygens (including phenoxy) is 3. The van der Waals surface area contributed by atoms with E-state index in [9.17, 15) is 10.2 Å². The lowest BCUT2D eigenvalue weighted by Crippen LogP contribution is -2.63. The van der Waals surface area contributed by atoms with Gasteiger partial charge < -0.3 is 29.3 Å². The number of terminal acetylenes is 1. The molecule has 5 aliphatic rings. The molecule has 1 spiro atoms. The Hall–Kier alpha value is -4.31. The maximum absolute atomic E-state index is 17.3. The number of hydrogen-bond donors (Lipinski definition) is 2. The Labute approximate surface area is 320 Å². The molecule has 2 saturated heterocycles. The SMILES string of the molecule is C#Cc1c(F)ccc2cc(O)cc(-c3nc(OC)c4c(N5CCCC(C)(O)C5)nc(OCC56CCCC5N(C5CC7(CC(OC)C7)C5)CCC6)nc4c3F)c12. The van der Waals surface area contributed by atoms with Gasteiger partial charge in [0.15, 0.2) is 5.82 Å². The molecule has 2 aromatic heterocycles. The van der Waals surface area contributed by atoms with Gasteiger partial charge in [0.2, 0.25) is 5.88 Å². The van der Waals surface area contributed by atoms with Crippen LogP contribution in [0.3, 0.4) is 0 Å². The summed E-state index contributed by atoms with van der Waals surface area (Å²) in [7, 11) is 3.24. The number of piperidine rings is 2. The first-order valence-electron chi connectivity index (χ1n) is 19.7. The van der Waals surface area contributed by atoms with Crippen LogP contribution in [0.25, 0.3) is 32.9 Å². The molecule has 3 atom stereocenters. The van der Waals surface area contributed by atoms with Crippen LogP contribution >= 0.6 is 0 Å². The quantitative estimate of drug-likeness (QED) is 0.180. The number of fused-ring (bicyclic) bond motifs is 3. The van der Waals surface area contributed by atoms with Crippen molar-refractivity contribution < 1.29 is 33.2 Å². The average molecular weight is 754 g/mol. The lowest BCUT2D eigenvalue weighted by molar-refractivity contribution is -0.154. The molecule has 3 unspecified atom stereocenters. The van der Waals surface area contributed by atoms with Crippen LogP contribution in [0.4, 0.5) is 14.6 Å². The van der Waals surface area contributed by atoms with Gasteiger partial charge in [0.1, 0.15) is 34.0 Å². The summed E-state index contributed by atoms with van der Waals surface area (Å²) in [6.45, 7) is 4.09. The highest BCUT2D eigenvalue weighted by Gasteiger charge is 2.58. The number of rotatable bonds is 8. The first kappa shape index (κ1) is 36.3. The number of aromatic nitrogens is 3. The van der Waals surface area contributed by atoms with Gasteiger partial charge in [0.05, 0.1) is 31.0 Å². The van der Waals surface area contributed by atoms with Crippen molar-refractivity contribution in [3.8, 4) is 41.2 Å². The van der Waals surface area contributed by atoms with Gasteiger partial charge in [-0.25, -0.2) is 13.8 Å². The molecule has 9 rings (SSSR count). The molecule has 5 fully saturated rings. The molecule has 290 valence electrons. The van der Waals surface area contributed by atoms with Crippen LogP contribution in [0.2, 0.25) is 0 Å². The Kier molecular flexibility index (Phi) is 8.87. The lowest BCUT2D eigenvalue weighted by Gasteiger charge is -2.62. The second kappa shape index (κ2) is 13.4. The fourth-order valence-electron chi connectivity index (χ4n) is 11.0. The van der Waals surface area contributed by atoms with E-state index >= 15 is 8.78 Å². The predicted octanol–water partition coefficient (Wildman–Crippen LogP) is 7.14. The number of methoxy groups -OCH3 is 2. The number of hydrogen-bond acceptors (Lipinski definition) is 10. The number of phenolic OH excluding ortho intramolecular Hbond substituents is 1. The molecule has 2 N–H and O–H groups in total. The summed E-state index contributed by atoms with van der Waals surface area (Å²) in [5, 5.41) is 22.8. The fourth-order valence-corrected chi connectivity index (χ4v) is 11.0. The Morgan fingerprint density at radius 1 is 0.982 bits per heavy atom. The average Bonchev–Trinajstić information content (AvgIpc) is 3.57. The number of β-amino-alcohol motifs (C(OH)–C–C–N with tert-alkyl or cyclic N) is 1. The van der Waals surface area contributed by atoms with Gasteiger partial charge >= 0.3 is 6.01 Å². The van der Waals surface area contributed by atoms with E-state index < -0.39 is 17.2 Å². The van der Waals surface area contributed by atoms with Crippen molar-refractivity contribution in [3.63, 3.8) is 0 Å². The molecular formula is C43H49F2N5O5. The van der Waals surface area contributed by atoms with Gasteiger partial charge in [-0.3, -0.25) is 4.90 Å². The fraction of sp³-hybridized carbons (Fsp3) is 0.558. The van der Waals surface area contributed by atoms with Gasteiger partial charge in [-0.2, -0.15) is 9.97 Å². The molecule has 0 amide bonds. The molecule has 4 aromatic rings. The molecule has 4 heterocycles. The minimum atomic E-state index is -1.00. The standard InChI is InChI=1S/C43H49F2N5O5/c1-5-29-31(44)11-10-25-17-27(51)18-30(33(25)29)36-35(45)37-34(39(46-36)54-4)38(49-15-7-12-41(2,52)23-49)48-40(47-37)55-24-43-13-6-9-32(43)50(16-8-14-43)26-19-42(20-26)21-28(22-42)53-3/h1,10-11,17-18,26,28,32,51-52H,6-9,12-16,19-24H2,2-4H3. The van der Waals surface area contributed by atoms with E-state index in [1.54, 1.807) is 6.92 Å². The van der Waals surface area contributed by atoms with Crippen molar-refractivity contribution in [2.24, 2.45) is 10.8 Å². The largest absolute Gasteiger partial charge is 0.508 e. The highest BCUT2D eigenvalue weighted by Crippen LogP contribution is 2.60. The van der Waals surface area contributed by atoms with Crippen molar-refractivity contribution in [3.05, 3.63) is 41.5 Å². The van der Waals surface area contributed by atoms with E-state index in [1.165, 1.54) is 57.1 Å². The number of pyridine rings is 1.